The average molecular weight is 353 g/mol. The van der Waals surface area contributed by atoms with Gasteiger partial charge in [-0.3, -0.25) is 0 Å². The summed E-state index contributed by atoms with van der Waals surface area (Å²) in [6.07, 6.45) is 0.830. The Balaban J connectivity index is 0.00000324. The van der Waals surface area contributed by atoms with E-state index in [1.165, 1.54) is 0 Å². The molecule has 0 unspecified atom stereocenters. The zero-order chi connectivity index (χ0) is 13.4. The summed E-state index contributed by atoms with van der Waals surface area (Å²) in [5.41, 5.74) is 0. The minimum atomic E-state index is -0.336. The van der Waals surface area contributed by atoms with Crippen molar-refractivity contribution >= 4 is 34.3 Å². The first-order valence-electron chi connectivity index (χ1n) is 5.76. The van der Waals surface area contributed by atoms with Crippen molar-refractivity contribution in [1.29, 1.82) is 0 Å². The zero-order valence-corrected chi connectivity index (χ0v) is 13.5. The average Bonchev–Trinajstić information content (AvgIpc) is 2.34. The van der Waals surface area contributed by atoms with Crippen LogP contribution in [0.2, 0.25) is 0 Å². The van der Waals surface area contributed by atoms with E-state index in [4.69, 9.17) is 9.47 Å². The minimum Gasteiger partial charge on any atom is -0.482 e. The third kappa shape index (κ3) is 8.86. The fourth-order valence-corrected chi connectivity index (χ4v) is 1.55. The number of nitrogens with zero attached hydrogens (tertiary/aromatic N) is 1. The largest absolute Gasteiger partial charge is 0.482 e. The Kier molecular flexibility index (Phi) is 9.65. The number of rotatable bonds is 7. The monoisotopic (exact) mass is 351 g/mol. The summed E-state index contributed by atoms with van der Waals surface area (Å²) in [4.78, 5) is 13.4. The van der Waals surface area contributed by atoms with Gasteiger partial charge in [-0.1, -0.05) is 15.9 Å². The molecule has 19 heavy (non-hydrogen) atoms. The van der Waals surface area contributed by atoms with Gasteiger partial charge in [-0.2, -0.15) is 0 Å². The van der Waals surface area contributed by atoms with E-state index >= 15 is 0 Å². The predicted octanol–water partition coefficient (Wildman–Crippen LogP) is 2.74. The molecule has 0 spiro atoms. The van der Waals surface area contributed by atoms with Crippen molar-refractivity contribution in [3.63, 3.8) is 0 Å². The van der Waals surface area contributed by atoms with Crippen LogP contribution in [0, 0.1) is 0 Å². The quantitative estimate of drug-likeness (QED) is 0.559. The summed E-state index contributed by atoms with van der Waals surface area (Å²) in [5, 5.41) is 0. The van der Waals surface area contributed by atoms with Crippen LogP contribution in [-0.2, 0) is 9.53 Å². The fourth-order valence-electron chi connectivity index (χ4n) is 1.28. The second kappa shape index (κ2) is 10.1. The first-order valence-corrected chi connectivity index (χ1v) is 6.56. The maximum absolute atomic E-state index is 11.4. The molecule has 6 heteroatoms. The van der Waals surface area contributed by atoms with E-state index in [0.717, 1.165) is 17.4 Å². The molecule has 0 amide bonds. The van der Waals surface area contributed by atoms with Crippen LogP contribution >= 0.6 is 28.3 Å². The van der Waals surface area contributed by atoms with Crippen molar-refractivity contribution in [2.75, 3.05) is 33.9 Å². The molecule has 0 atom stereocenters. The second-order valence-electron chi connectivity index (χ2n) is 4.12. The molecule has 0 aliphatic carbocycles. The van der Waals surface area contributed by atoms with Crippen LogP contribution in [-0.4, -0.2) is 44.7 Å². The number of ether oxygens (including phenoxy) is 2. The normalized spacial score (nSPS) is 9.89. The van der Waals surface area contributed by atoms with Crippen LogP contribution < -0.4 is 4.74 Å². The summed E-state index contributed by atoms with van der Waals surface area (Å²) in [7, 11) is 3.97. The molecular formula is C13H19BrClNO3. The van der Waals surface area contributed by atoms with E-state index in [2.05, 4.69) is 15.9 Å². The molecule has 0 saturated heterocycles. The highest BCUT2D eigenvalue weighted by Crippen LogP contribution is 2.15. The van der Waals surface area contributed by atoms with E-state index in [9.17, 15) is 4.79 Å². The van der Waals surface area contributed by atoms with Gasteiger partial charge < -0.3 is 14.4 Å². The first kappa shape index (κ1) is 18.2. The lowest BCUT2D eigenvalue weighted by atomic mass is 10.3. The van der Waals surface area contributed by atoms with E-state index in [-0.39, 0.29) is 25.0 Å². The number of hydrogen-bond donors (Lipinski definition) is 0. The molecule has 0 aliphatic rings. The number of hydrogen-bond acceptors (Lipinski definition) is 4. The lowest BCUT2D eigenvalue weighted by Crippen LogP contribution is -2.19. The van der Waals surface area contributed by atoms with Gasteiger partial charge in [0.15, 0.2) is 6.61 Å². The number of esters is 1. The van der Waals surface area contributed by atoms with Crippen molar-refractivity contribution in [1.82, 2.24) is 4.90 Å². The Labute approximate surface area is 128 Å². The highest BCUT2D eigenvalue weighted by atomic mass is 79.9. The summed E-state index contributed by atoms with van der Waals surface area (Å²) in [6, 6.07) is 7.31. The molecule has 0 heterocycles. The molecule has 0 N–H and O–H groups in total. The maximum atomic E-state index is 11.4. The number of carbonyl (C=O) groups is 1. The fraction of sp³-hybridized carbons (Fsp3) is 0.462. The molecule has 4 nitrogen and oxygen atoms in total. The summed E-state index contributed by atoms with van der Waals surface area (Å²) >= 11 is 3.33. The van der Waals surface area contributed by atoms with Gasteiger partial charge in [0.25, 0.3) is 0 Å². The van der Waals surface area contributed by atoms with Gasteiger partial charge in [0, 0.05) is 11.0 Å². The van der Waals surface area contributed by atoms with Gasteiger partial charge in [-0.25, -0.2) is 4.79 Å². The van der Waals surface area contributed by atoms with Crippen molar-refractivity contribution in [3.8, 4) is 5.75 Å². The standard InChI is InChI=1S/C13H18BrNO3.ClH/c1-15(2)8-3-9-17-13(16)10-18-12-6-4-11(14)5-7-12;/h4-7H,3,8-10H2,1-2H3;1H. The summed E-state index contributed by atoms with van der Waals surface area (Å²) in [5.74, 6) is 0.320. The SMILES string of the molecule is CN(C)CCCOC(=O)COc1ccc(Br)cc1.Cl. The molecule has 0 fully saturated rings. The van der Waals surface area contributed by atoms with E-state index < -0.39 is 0 Å². The molecule has 1 aromatic carbocycles. The molecule has 1 aromatic rings. The molecule has 1 rings (SSSR count). The Morgan fingerprint density at radius 1 is 1.26 bits per heavy atom. The Bertz CT molecular complexity index is 371. The van der Waals surface area contributed by atoms with Gasteiger partial charge in [0.1, 0.15) is 5.75 Å². The van der Waals surface area contributed by atoms with E-state index in [1.54, 1.807) is 12.1 Å². The maximum Gasteiger partial charge on any atom is 0.344 e. The van der Waals surface area contributed by atoms with E-state index in [1.807, 2.05) is 31.1 Å². The molecule has 0 bridgehead atoms. The van der Waals surface area contributed by atoms with Gasteiger partial charge in [0.05, 0.1) is 6.61 Å². The van der Waals surface area contributed by atoms with Gasteiger partial charge in [0.2, 0.25) is 0 Å². The van der Waals surface area contributed by atoms with Crippen molar-refractivity contribution < 1.29 is 14.3 Å². The molecule has 108 valence electrons. The summed E-state index contributed by atoms with van der Waals surface area (Å²) < 4.78 is 11.3. The predicted molar refractivity (Wildman–Crippen MR) is 81.0 cm³/mol. The van der Waals surface area contributed by atoms with Crippen molar-refractivity contribution in [2.45, 2.75) is 6.42 Å². The number of carbonyl (C=O) groups excluding carboxylic acids is 1. The van der Waals surface area contributed by atoms with Crippen molar-refractivity contribution in [2.24, 2.45) is 0 Å². The van der Waals surface area contributed by atoms with Crippen LogP contribution in [0.3, 0.4) is 0 Å². The summed E-state index contributed by atoms with van der Waals surface area (Å²) in [6.45, 7) is 1.28. The molecule has 0 saturated carbocycles. The second-order valence-corrected chi connectivity index (χ2v) is 5.04. The topological polar surface area (TPSA) is 38.8 Å². The zero-order valence-electron chi connectivity index (χ0n) is 11.1. The third-order valence-corrected chi connectivity index (χ3v) is 2.71. The Morgan fingerprint density at radius 2 is 1.89 bits per heavy atom. The van der Waals surface area contributed by atoms with Crippen LogP contribution in [0.4, 0.5) is 0 Å². The smallest absolute Gasteiger partial charge is 0.344 e. The van der Waals surface area contributed by atoms with Crippen molar-refractivity contribution in [3.05, 3.63) is 28.7 Å². The third-order valence-electron chi connectivity index (χ3n) is 2.18. The van der Waals surface area contributed by atoms with Crippen LogP contribution in [0.1, 0.15) is 6.42 Å². The highest BCUT2D eigenvalue weighted by molar-refractivity contribution is 9.10. The molecule has 0 aromatic heterocycles. The van der Waals surface area contributed by atoms with Crippen LogP contribution in [0.5, 0.6) is 5.75 Å². The van der Waals surface area contributed by atoms with Gasteiger partial charge in [-0.15, -0.1) is 12.4 Å². The Hall–Kier alpha value is -0.780. The molecular weight excluding hydrogens is 334 g/mol. The van der Waals surface area contributed by atoms with Gasteiger partial charge >= 0.3 is 5.97 Å². The lowest BCUT2D eigenvalue weighted by Gasteiger charge is -2.10. The lowest BCUT2D eigenvalue weighted by molar-refractivity contribution is -0.146. The first-order chi connectivity index (χ1) is 8.58. The minimum absolute atomic E-state index is 0. The molecule has 0 radical (unpaired) electrons. The van der Waals surface area contributed by atoms with E-state index in [0.29, 0.717) is 12.4 Å². The highest BCUT2D eigenvalue weighted by Gasteiger charge is 2.04. The van der Waals surface area contributed by atoms with Crippen LogP contribution in [0.25, 0.3) is 0 Å². The molecule has 0 aliphatic heterocycles. The Morgan fingerprint density at radius 3 is 2.47 bits per heavy atom. The number of benzene rings is 1. The van der Waals surface area contributed by atoms with Gasteiger partial charge in [-0.05, 0) is 44.8 Å². The van der Waals surface area contributed by atoms with Crippen LogP contribution in [0.15, 0.2) is 28.7 Å². The number of halogens is 2.